The molecule has 0 unspecified atom stereocenters. The van der Waals surface area contributed by atoms with Crippen LogP contribution in [0.3, 0.4) is 0 Å². The van der Waals surface area contributed by atoms with Crippen LogP contribution in [0.2, 0.25) is 0 Å². The second-order valence-corrected chi connectivity index (χ2v) is 5.03. The number of carbonyl (C=O) groups is 2. The average Bonchev–Trinajstić information content (AvgIpc) is 2.77. The molecule has 1 aromatic heterocycles. The number of carbonyl (C=O) groups excluding carboxylic acids is 1. The SMILES string of the molecule is Cc1cc(C)c(C(=O)O)cc1NC(=O)Cc1cnn(C)c1. The van der Waals surface area contributed by atoms with Crippen LogP contribution in [0.15, 0.2) is 24.5 Å². The number of carboxylic acid groups (broad SMARTS) is 1. The molecule has 6 heteroatoms. The summed E-state index contributed by atoms with van der Waals surface area (Å²) in [5.41, 5.74) is 3.02. The second-order valence-electron chi connectivity index (χ2n) is 5.03. The first-order valence-corrected chi connectivity index (χ1v) is 6.48. The van der Waals surface area contributed by atoms with Crippen molar-refractivity contribution in [3.63, 3.8) is 0 Å². The smallest absolute Gasteiger partial charge is 0.336 e. The van der Waals surface area contributed by atoms with Gasteiger partial charge in [-0.05, 0) is 36.6 Å². The highest BCUT2D eigenvalue weighted by Crippen LogP contribution is 2.21. The number of aryl methyl sites for hydroxylation is 3. The van der Waals surface area contributed by atoms with Crippen molar-refractivity contribution in [2.45, 2.75) is 20.3 Å². The van der Waals surface area contributed by atoms with Gasteiger partial charge in [0.15, 0.2) is 0 Å². The monoisotopic (exact) mass is 287 g/mol. The zero-order valence-electron chi connectivity index (χ0n) is 12.2. The Bertz CT molecular complexity index is 704. The molecule has 0 radical (unpaired) electrons. The maximum atomic E-state index is 12.0. The molecule has 0 bridgehead atoms. The van der Waals surface area contributed by atoms with Crippen molar-refractivity contribution in [1.29, 1.82) is 0 Å². The molecule has 110 valence electrons. The number of amides is 1. The molecule has 0 saturated heterocycles. The number of hydrogen-bond acceptors (Lipinski definition) is 3. The molecule has 21 heavy (non-hydrogen) atoms. The molecule has 2 N–H and O–H groups in total. The highest BCUT2D eigenvalue weighted by Gasteiger charge is 2.13. The summed E-state index contributed by atoms with van der Waals surface area (Å²) < 4.78 is 1.63. The first-order chi connectivity index (χ1) is 9.86. The number of aromatic carboxylic acids is 1. The van der Waals surface area contributed by atoms with Gasteiger partial charge >= 0.3 is 5.97 Å². The quantitative estimate of drug-likeness (QED) is 0.899. The van der Waals surface area contributed by atoms with Crippen molar-refractivity contribution < 1.29 is 14.7 Å². The van der Waals surface area contributed by atoms with Gasteiger partial charge in [0.25, 0.3) is 0 Å². The summed E-state index contributed by atoms with van der Waals surface area (Å²) in [6, 6.07) is 3.25. The number of benzene rings is 1. The summed E-state index contributed by atoms with van der Waals surface area (Å²) in [6.45, 7) is 3.57. The molecule has 0 spiro atoms. The van der Waals surface area contributed by atoms with Gasteiger partial charge < -0.3 is 10.4 Å². The lowest BCUT2D eigenvalue weighted by Gasteiger charge is -2.11. The van der Waals surface area contributed by atoms with Crippen LogP contribution < -0.4 is 5.32 Å². The largest absolute Gasteiger partial charge is 0.478 e. The summed E-state index contributed by atoms with van der Waals surface area (Å²) in [5, 5.41) is 15.9. The van der Waals surface area contributed by atoms with Gasteiger partial charge in [0.1, 0.15) is 0 Å². The minimum Gasteiger partial charge on any atom is -0.478 e. The minimum absolute atomic E-state index is 0.192. The molecule has 0 aliphatic heterocycles. The van der Waals surface area contributed by atoms with E-state index in [1.54, 1.807) is 37.1 Å². The van der Waals surface area contributed by atoms with Crippen LogP contribution in [0.25, 0.3) is 0 Å². The Balaban J connectivity index is 2.17. The molecule has 0 aliphatic carbocycles. The number of nitrogens with zero attached hydrogens (tertiary/aromatic N) is 2. The first-order valence-electron chi connectivity index (χ1n) is 6.48. The zero-order valence-corrected chi connectivity index (χ0v) is 12.2. The summed E-state index contributed by atoms with van der Waals surface area (Å²) in [6.07, 6.45) is 3.60. The Morgan fingerprint density at radius 2 is 2.00 bits per heavy atom. The van der Waals surface area contributed by atoms with E-state index >= 15 is 0 Å². The topological polar surface area (TPSA) is 84.2 Å². The van der Waals surface area contributed by atoms with Crippen LogP contribution in [0.5, 0.6) is 0 Å². The zero-order chi connectivity index (χ0) is 15.6. The van der Waals surface area contributed by atoms with Gasteiger partial charge in [-0.1, -0.05) is 6.07 Å². The van der Waals surface area contributed by atoms with Gasteiger partial charge in [-0.15, -0.1) is 0 Å². The normalized spacial score (nSPS) is 10.4. The second kappa shape index (κ2) is 5.78. The Morgan fingerprint density at radius 1 is 1.29 bits per heavy atom. The molecule has 0 saturated carbocycles. The molecule has 1 heterocycles. The molecule has 1 aromatic carbocycles. The number of rotatable bonds is 4. The summed E-state index contributed by atoms with van der Waals surface area (Å²) in [5.74, 6) is -1.21. The van der Waals surface area contributed by atoms with Gasteiger partial charge in [-0.3, -0.25) is 9.48 Å². The fourth-order valence-corrected chi connectivity index (χ4v) is 2.16. The summed E-state index contributed by atoms with van der Waals surface area (Å²) >= 11 is 0. The average molecular weight is 287 g/mol. The van der Waals surface area contributed by atoms with E-state index in [1.807, 2.05) is 6.92 Å². The third-order valence-corrected chi connectivity index (χ3v) is 3.20. The van der Waals surface area contributed by atoms with Crippen LogP contribution in [0.4, 0.5) is 5.69 Å². The molecular formula is C15H17N3O3. The standard InChI is InChI=1S/C15H17N3O3/c1-9-4-10(2)13(6-12(9)15(20)21)17-14(19)5-11-7-16-18(3)8-11/h4,6-8H,5H2,1-3H3,(H,17,19)(H,20,21). The van der Waals surface area contributed by atoms with Crippen molar-refractivity contribution in [2.75, 3.05) is 5.32 Å². The fourth-order valence-electron chi connectivity index (χ4n) is 2.16. The predicted octanol–water partition coefficient (Wildman–Crippen LogP) is 1.92. The third-order valence-electron chi connectivity index (χ3n) is 3.20. The number of aromatic nitrogens is 2. The van der Waals surface area contributed by atoms with E-state index in [-0.39, 0.29) is 17.9 Å². The van der Waals surface area contributed by atoms with Crippen molar-refractivity contribution in [3.8, 4) is 0 Å². The van der Waals surface area contributed by atoms with Gasteiger partial charge in [0, 0.05) is 18.9 Å². The Kier molecular flexibility index (Phi) is 4.07. The lowest BCUT2D eigenvalue weighted by molar-refractivity contribution is -0.115. The predicted molar refractivity (Wildman–Crippen MR) is 78.4 cm³/mol. The maximum Gasteiger partial charge on any atom is 0.336 e. The number of hydrogen-bond donors (Lipinski definition) is 2. The van der Waals surface area contributed by atoms with Crippen LogP contribution in [0, 0.1) is 13.8 Å². The molecule has 2 rings (SSSR count). The van der Waals surface area contributed by atoms with E-state index in [0.717, 1.165) is 11.1 Å². The van der Waals surface area contributed by atoms with Gasteiger partial charge in [-0.2, -0.15) is 5.10 Å². The van der Waals surface area contributed by atoms with Crippen LogP contribution >= 0.6 is 0 Å². The van der Waals surface area contributed by atoms with E-state index in [2.05, 4.69) is 10.4 Å². The number of nitrogens with one attached hydrogen (secondary N) is 1. The summed E-state index contributed by atoms with van der Waals surface area (Å²) in [7, 11) is 1.78. The minimum atomic E-state index is -1.00. The number of carboxylic acids is 1. The van der Waals surface area contributed by atoms with Crippen LogP contribution in [-0.2, 0) is 18.3 Å². The van der Waals surface area contributed by atoms with Crippen molar-refractivity contribution in [2.24, 2.45) is 7.05 Å². The molecule has 6 nitrogen and oxygen atoms in total. The molecule has 0 fully saturated rings. The van der Waals surface area contributed by atoms with Crippen molar-refractivity contribution >= 4 is 17.6 Å². The van der Waals surface area contributed by atoms with Crippen molar-refractivity contribution in [3.05, 3.63) is 46.8 Å². The number of anilines is 1. The molecule has 1 amide bonds. The molecule has 0 atom stereocenters. The highest BCUT2D eigenvalue weighted by molar-refractivity contribution is 5.96. The lowest BCUT2D eigenvalue weighted by atomic mass is 10.0. The van der Waals surface area contributed by atoms with Gasteiger partial charge in [0.05, 0.1) is 18.2 Å². The highest BCUT2D eigenvalue weighted by atomic mass is 16.4. The molecule has 0 aliphatic rings. The molecule has 2 aromatic rings. The Morgan fingerprint density at radius 3 is 2.57 bits per heavy atom. The van der Waals surface area contributed by atoms with Crippen LogP contribution in [0.1, 0.15) is 27.0 Å². The van der Waals surface area contributed by atoms with E-state index in [1.165, 1.54) is 6.07 Å². The fraction of sp³-hybridized carbons (Fsp3) is 0.267. The third kappa shape index (κ3) is 3.47. The Labute approximate surface area is 122 Å². The van der Waals surface area contributed by atoms with Crippen LogP contribution in [-0.4, -0.2) is 26.8 Å². The first kappa shape index (κ1) is 14.8. The lowest BCUT2D eigenvalue weighted by Crippen LogP contribution is -2.16. The molecular weight excluding hydrogens is 270 g/mol. The van der Waals surface area contributed by atoms with Gasteiger partial charge in [-0.25, -0.2) is 4.79 Å². The summed E-state index contributed by atoms with van der Waals surface area (Å²) in [4.78, 5) is 23.2. The van der Waals surface area contributed by atoms with E-state index < -0.39 is 5.97 Å². The van der Waals surface area contributed by atoms with Gasteiger partial charge in [0.2, 0.25) is 5.91 Å². The van der Waals surface area contributed by atoms with E-state index in [4.69, 9.17) is 5.11 Å². The van der Waals surface area contributed by atoms with E-state index in [0.29, 0.717) is 11.3 Å². The Hall–Kier alpha value is -2.63. The van der Waals surface area contributed by atoms with Crippen molar-refractivity contribution in [1.82, 2.24) is 9.78 Å². The van der Waals surface area contributed by atoms with E-state index in [9.17, 15) is 9.59 Å². The maximum absolute atomic E-state index is 12.0.